The highest BCUT2D eigenvalue weighted by Crippen LogP contribution is 2.33. The standard InChI is InChI=1S/C18H30N2S/c1-2-15(18-11-7-13-21-18)20-17-10-4-3-8-14(17)16-9-5-6-12-19-16/h7,11,13-17,19-20H,2-6,8-10,12H2,1H3. The van der Waals surface area contributed by atoms with Crippen molar-refractivity contribution in [3.8, 4) is 0 Å². The monoisotopic (exact) mass is 306 g/mol. The number of nitrogens with one attached hydrogen (secondary N) is 2. The second-order valence-corrected chi connectivity index (χ2v) is 7.73. The van der Waals surface area contributed by atoms with Gasteiger partial charge in [0.25, 0.3) is 0 Å². The van der Waals surface area contributed by atoms with Crippen molar-refractivity contribution in [2.75, 3.05) is 6.54 Å². The predicted octanol–water partition coefficient (Wildman–Crippen LogP) is 4.49. The van der Waals surface area contributed by atoms with Crippen molar-refractivity contribution in [3.63, 3.8) is 0 Å². The number of hydrogen-bond donors (Lipinski definition) is 2. The van der Waals surface area contributed by atoms with E-state index < -0.39 is 0 Å². The smallest absolute Gasteiger partial charge is 0.0414 e. The molecule has 1 aliphatic heterocycles. The summed E-state index contributed by atoms with van der Waals surface area (Å²) in [6.07, 6.45) is 11.0. The first-order valence-corrected chi connectivity index (χ1v) is 9.79. The summed E-state index contributed by atoms with van der Waals surface area (Å²) >= 11 is 1.90. The maximum Gasteiger partial charge on any atom is 0.0414 e. The summed E-state index contributed by atoms with van der Waals surface area (Å²) in [6, 6.07) is 6.51. The van der Waals surface area contributed by atoms with Crippen molar-refractivity contribution in [2.24, 2.45) is 5.92 Å². The number of hydrogen-bond acceptors (Lipinski definition) is 3. The van der Waals surface area contributed by atoms with Crippen molar-refractivity contribution >= 4 is 11.3 Å². The third-order valence-corrected chi connectivity index (χ3v) is 6.38. The van der Waals surface area contributed by atoms with E-state index in [-0.39, 0.29) is 0 Å². The third kappa shape index (κ3) is 3.88. The molecule has 2 N–H and O–H groups in total. The minimum absolute atomic E-state index is 0.555. The van der Waals surface area contributed by atoms with E-state index in [0.717, 1.165) is 12.0 Å². The molecule has 0 bridgehead atoms. The maximum atomic E-state index is 4.03. The van der Waals surface area contributed by atoms with E-state index in [1.807, 2.05) is 11.3 Å². The van der Waals surface area contributed by atoms with Gasteiger partial charge in [0, 0.05) is 23.0 Å². The average molecular weight is 307 g/mol. The van der Waals surface area contributed by atoms with E-state index in [0.29, 0.717) is 12.1 Å². The van der Waals surface area contributed by atoms with Gasteiger partial charge in [-0.1, -0.05) is 32.3 Å². The van der Waals surface area contributed by atoms with Gasteiger partial charge >= 0.3 is 0 Å². The zero-order valence-corrected chi connectivity index (χ0v) is 14.1. The van der Waals surface area contributed by atoms with Crippen LogP contribution in [0.2, 0.25) is 0 Å². The summed E-state index contributed by atoms with van der Waals surface area (Å²) in [6.45, 7) is 3.55. The Bertz CT molecular complexity index is 397. The summed E-state index contributed by atoms with van der Waals surface area (Å²) in [7, 11) is 0. The molecule has 118 valence electrons. The van der Waals surface area contributed by atoms with E-state index in [9.17, 15) is 0 Å². The molecule has 2 nitrogen and oxygen atoms in total. The molecular formula is C18H30N2S. The number of piperidine rings is 1. The van der Waals surface area contributed by atoms with Crippen molar-refractivity contribution in [3.05, 3.63) is 22.4 Å². The third-order valence-electron chi connectivity index (χ3n) is 5.39. The molecule has 0 amide bonds. The average Bonchev–Trinajstić information content (AvgIpc) is 3.08. The van der Waals surface area contributed by atoms with Gasteiger partial charge in [0.05, 0.1) is 0 Å². The van der Waals surface area contributed by atoms with Crippen LogP contribution in [0, 0.1) is 5.92 Å². The molecule has 0 aromatic carbocycles. The lowest BCUT2D eigenvalue weighted by Crippen LogP contribution is -2.51. The summed E-state index contributed by atoms with van der Waals surface area (Å²) in [5.74, 6) is 0.841. The van der Waals surface area contributed by atoms with E-state index in [2.05, 4.69) is 35.1 Å². The van der Waals surface area contributed by atoms with Gasteiger partial charge < -0.3 is 10.6 Å². The quantitative estimate of drug-likeness (QED) is 0.837. The Kier molecular flexibility index (Phi) is 5.73. The molecule has 0 radical (unpaired) electrons. The molecule has 0 spiro atoms. The molecule has 3 heteroatoms. The van der Waals surface area contributed by atoms with Crippen LogP contribution in [0.25, 0.3) is 0 Å². The Labute approximate surface area is 133 Å². The normalized spacial score (nSPS) is 32.0. The summed E-state index contributed by atoms with van der Waals surface area (Å²) in [5, 5.41) is 10.0. The van der Waals surface area contributed by atoms with Crippen molar-refractivity contribution < 1.29 is 0 Å². The van der Waals surface area contributed by atoms with Gasteiger partial charge in [0.1, 0.15) is 0 Å². The van der Waals surface area contributed by atoms with Crippen LogP contribution in [0.5, 0.6) is 0 Å². The highest BCUT2D eigenvalue weighted by atomic mass is 32.1. The molecule has 2 fully saturated rings. The van der Waals surface area contributed by atoms with Crippen LogP contribution in [0.1, 0.15) is 69.2 Å². The Morgan fingerprint density at radius 2 is 2.10 bits per heavy atom. The zero-order chi connectivity index (χ0) is 14.5. The summed E-state index contributed by atoms with van der Waals surface area (Å²) in [5.41, 5.74) is 0. The topological polar surface area (TPSA) is 24.1 Å². The molecule has 1 aliphatic carbocycles. The Morgan fingerprint density at radius 3 is 2.81 bits per heavy atom. The first-order chi connectivity index (χ1) is 10.4. The Morgan fingerprint density at radius 1 is 1.24 bits per heavy atom. The minimum Gasteiger partial charge on any atom is -0.314 e. The molecule has 4 unspecified atom stereocenters. The van der Waals surface area contributed by atoms with Crippen LogP contribution in [0.3, 0.4) is 0 Å². The van der Waals surface area contributed by atoms with Crippen LogP contribution in [0.4, 0.5) is 0 Å². The summed E-state index contributed by atoms with van der Waals surface area (Å²) in [4.78, 5) is 1.51. The lowest BCUT2D eigenvalue weighted by atomic mass is 9.77. The minimum atomic E-state index is 0.555. The van der Waals surface area contributed by atoms with E-state index in [1.165, 1.54) is 62.8 Å². The molecule has 4 atom stereocenters. The van der Waals surface area contributed by atoms with Crippen molar-refractivity contribution in [2.45, 2.75) is 76.4 Å². The fourth-order valence-corrected chi connectivity index (χ4v) is 5.11. The van der Waals surface area contributed by atoms with Crippen LogP contribution in [0.15, 0.2) is 17.5 Å². The molecule has 1 aromatic rings. The van der Waals surface area contributed by atoms with E-state index >= 15 is 0 Å². The van der Waals surface area contributed by atoms with Gasteiger partial charge in [0.15, 0.2) is 0 Å². The van der Waals surface area contributed by atoms with Gasteiger partial charge in [-0.3, -0.25) is 0 Å². The van der Waals surface area contributed by atoms with Crippen molar-refractivity contribution in [1.29, 1.82) is 0 Å². The largest absolute Gasteiger partial charge is 0.314 e. The molecule has 1 saturated carbocycles. The van der Waals surface area contributed by atoms with Crippen LogP contribution < -0.4 is 10.6 Å². The fourth-order valence-electron chi connectivity index (χ4n) is 4.24. The van der Waals surface area contributed by atoms with Gasteiger partial charge in [-0.2, -0.15) is 0 Å². The van der Waals surface area contributed by atoms with Crippen LogP contribution in [-0.4, -0.2) is 18.6 Å². The SMILES string of the molecule is CCC(NC1CCCCC1C1CCCCN1)c1cccs1. The second-order valence-electron chi connectivity index (χ2n) is 6.75. The second kappa shape index (κ2) is 7.75. The van der Waals surface area contributed by atoms with Crippen molar-refractivity contribution in [1.82, 2.24) is 10.6 Å². The lowest BCUT2D eigenvalue weighted by Gasteiger charge is -2.41. The molecule has 3 rings (SSSR count). The molecule has 2 heterocycles. The van der Waals surface area contributed by atoms with Gasteiger partial charge in [-0.05, 0) is 56.0 Å². The highest BCUT2D eigenvalue weighted by Gasteiger charge is 2.33. The highest BCUT2D eigenvalue weighted by molar-refractivity contribution is 7.10. The van der Waals surface area contributed by atoms with E-state index in [1.54, 1.807) is 0 Å². The van der Waals surface area contributed by atoms with Gasteiger partial charge in [-0.25, -0.2) is 0 Å². The predicted molar refractivity (Wildman–Crippen MR) is 91.9 cm³/mol. The Balaban J connectivity index is 1.65. The molecular weight excluding hydrogens is 276 g/mol. The first-order valence-electron chi connectivity index (χ1n) is 8.91. The molecule has 1 saturated heterocycles. The van der Waals surface area contributed by atoms with Crippen LogP contribution >= 0.6 is 11.3 Å². The zero-order valence-electron chi connectivity index (χ0n) is 13.3. The van der Waals surface area contributed by atoms with Gasteiger partial charge in [0.2, 0.25) is 0 Å². The number of rotatable bonds is 5. The summed E-state index contributed by atoms with van der Waals surface area (Å²) < 4.78 is 0. The van der Waals surface area contributed by atoms with Crippen LogP contribution in [-0.2, 0) is 0 Å². The maximum absolute atomic E-state index is 4.03. The molecule has 21 heavy (non-hydrogen) atoms. The van der Waals surface area contributed by atoms with Gasteiger partial charge in [-0.15, -0.1) is 11.3 Å². The molecule has 1 aromatic heterocycles. The number of thiophene rings is 1. The first kappa shape index (κ1) is 15.5. The molecule has 2 aliphatic rings. The fraction of sp³-hybridized carbons (Fsp3) is 0.778. The van der Waals surface area contributed by atoms with E-state index in [4.69, 9.17) is 0 Å². The Hall–Kier alpha value is -0.380. The lowest BCUT2D eigenvalue weighted by molar-refractivity contribution is 0.171.